The van der Waals surface area contributed by atoms with Crippen LogP contribution in [0.3, 0.4) is 0 Å². The van der Waals surface area contributed by atoms with Gasteiger partial charge in [-0.25, -0.2) is 11.7 Å². The Kier molecular flexibility index (Phi) is 1.11. The molecule has 0 amide bonds. The molecule has 1 heterocycles. The van der Waals surface area contributed by atoms with Gasteiger partial charge >= 0.3 is 0 Å². The van der Waals surface area contributed by atoms with Crippen molar-refractivity contribution in [1.82, 2.24) is 10.0 Å². The van der Waals surface area contributed by atoms with Gasteiger partial charge in [-0.2, -0.15) is 0 Å². The number of nitrogens with zero attached hydrogens (tertiary/aromatic N) is 2. The van der Waals surface area contributed by atoms with E-state index in [1.165, 1.54) is 0 Å². The van der Waals surface area contributed by atoms with E-state index < -0.39 is 0 Å². The van der Waals surface area contributed by atoms with E-state index in [-0.39, 0.29) is 6.17 Å². The second-order valence-corrected chi connectivity index (χ2v) is 1.82. The van der Waals surface area contributed by atoms with Crippen LogP contribution in [0.2, 0.25) is 0 Å². The molecule has 0 aromatic heterocycles. The van der Waals surface area contributed by atoms with Gasteiger partial charge in [0.05, 0.1) is 0 Å². The van der Waals surface area contributed by atoms with Crippen molar-refractivity contribution >= 4 is 0 Å². The fourth-order valence-electron chi connectivity index (χ4n) is 0.557. The van der Waals surface area contributed by atoms with E-state index in [1.54, 1.807) is 22.4 Å². The lowest BCUT2D eigenvalue weighted by Crippen LogP contribution is -2.42. The van der Waals surface area contributed by atoms with Crippen LogP contribution in [-0.2, 0) is 0 Å². The smallest absolute Gasteiger partial charge is 0.126 e. The molecule has 0 spiro atoms. The average Bonchev–Trinajstić information content (AvgIpc) is 1.98. The summed E-state index contributed by atoms with van der Waals surface area (Å²) in [5, 5.41) is 3.08. The molecule has 0 saturated heterocycles. The topological polar surface area (TPSA) is 58.5 Å². The normalized spacial score (nSPS) is 20.9. The largest absolute Gasteiger partial charge is 0.293 e. The Morgan fingerprint density at radius 2 is 1.62 bits per heavy atom. The first kappa shape index (κ1) is 5.40. The van der Waals surface area contributed by atoms with Gasteiger partial charge in [0.2, 0.25) is 0 Å². The molecular weight excluding hydrogens is 104 g/mol. The first-order valence-corrected chi connectivity index (χ1v) is 2.46. The van der Waals surface area contributed by atoms with E-state index in [2.05, 4.69) is 0 Å². The van der Waals surface area contributed by atoms with Gasteiger partial charge < -0.3 is 0 Å². The Balaban J connectivity index is 2.55. The van der Waals surface area contributed by atoms with Crippen molar-refractivity contribution < 1.29 is 0 Å². The van der Waals surface area contributed by atoms with Crippen LogP contribution >= 0.6 is 0 Å². The number of rotatable bonds is 0. The lowest BCUT2D eigenvalue weighted by Gasteiger charge is -2.21. The molecule has 0 aromatic carbocycles. The molecule has 0 unspecified atom stereocenters. The van der Waals surface area contributed by atoms with Gasteiger partial charge in [0.25, 0.3) is 0 Å². The fraction of sp³-hybridized carbons (Fsp3) is 0.500. The number of hydrogen-bond acceptors (Lipinski definition) is 4. The highest BCUT2D eigenvalue weighted by molar-refractivity contribution is 4.89. The van der Waals surface area contributed by atoms with Crippen molar-refractivity contribution in [2.45, 2.75) is 13.1 Å². The summed E-state index contributed by atoms with van der Waals surface area (Å²) in [5.41, 5.74) is 0. The summed E-state index contributed by atoms with van der Waals surface area (Å²) in [5.74, 6) is 10.8. The van der Waals surface area contributed by atoms with Gasteiger partial charge in [0.1, 0.15) is 6.17 Å². The maximum Gasteiger partial charge on any atom is 0.126 e. The third kappa shape index (κ3) is 0.635. The summed E-state index contributed by atoms with van der Waals surface area (Å²) in [6, 6.07) is 0. The third-order valence-corrected chi connectivity index (χ3v) is 1.27. The van der Waals surface area contributed by atoms with Gasteiger partial charge in [0.15, 0.2) is 0 Å². The number of hydrazine groups is 2. The minimum Gasteiger partial charge on any atom is -0.293 e. The summed E-state index contributed by atoms with van der Waals surface area (Å²) >= 11 is 0. The molecule has 0 fully saturated rings. The molecule has 1 aliphatic heterocycles. The second kappa shape index (κ2) is 1.65. The highest BCUT2D eigenvalue weighted by atomic mass is 15.6. The molecular formula is C4H10N4. The molecule has 1 aliphatic rings. The second-order valence-electron chi connectivity index (χ2n) is 1.82. The molecule has 0 aromatic rings. The molecule has 0 radical (unpaired) electrons. The molecule has 1 rings (SSSR count). The van der Waals surface area contributed by atoms with Gasteiger partial charge in [-0.1, -0.05) is 0 Å². The van der Waals surface area contributed by atoms with E-state index in [0.29, 0.717) is 0 Å². The maximum atomic E-state index is 5.39. The van der Waals surface area contributed by atoms with Crippen molar-refractivity contribution in [2.75, 3.05) is 0 Å². The molecule has 4 nitrogen and oxygen atoms in total. The van der Waals surface area contributed by atoms with Crippen molar-refractivity contribution in [3.8, 4) is 0 Å². The Hall–Kier alpha value is -0.740. The summed E-state index contributed by atoms with van der Waals surface area (Å²) < 4.78 is 0. The first-order chi connectivity index (χ1) is 3.72. The van der Waals surface area contributed by atoms with Crippen molar-refractivity contribution in [3.63, 3.8) is 0 Å². The quantitative estimate of drug-likeness (QED) is 0.403. The summed E-state index contributed by atoms with van der Waals surface area (Å²) in [6.45, 7) is 1.92. The molecule has 4 heteroatoms. The predicted molar refractivity (Wildman–Crippen MR) is 30.7 cm³/mol. The highest BCUT2D eigenvalue weighted by Gasteiger charge is 2.14. The third-order valence-electron chi connectivity index (χ3n) is 1.27. The van der Waals surface area contributed by atoms with Gasteiger partial charge in [-0.3, -0.25) is 10.0 Å². The number of hydrogen-bond donors (Lipinski definition) is 2. The molecule has 0 saturated carbocycles. The monoisotopic (exact) mass is 114 g/mol. The SMILES string of the molecule is CC1N(N)C=CN1N. The Labute approximate surface area is 48.3 Å². The van der Waals surface area contributed by atoms with E-state index >= 15 is 0 Å². The van der Waals surface area contributed by atoms with Crippen LogP contribution in [-0.4, -0.2) is 16.2 Å². The molecule has 0 aliphatic carbocycles. The zero-order valence-electron chi connectivity index (χ0n) is 4.78. The Morgan fingerprint density at radius 3 is 1.75 bits per heavy atom. The average molecular weight is 114 g/mol. The van der Waals surface area contributed by atoms with Crippen molar-refractivity contribution in [2.24, 2.45) is 11.7 Å². The Bertz CT molecular complexity index is 98.6. The van der Waals surface area contributed by atoms with Crippen LogP contribution in [0.1, 0.15) is 6.92 Å². The molecule has 0 atom stereocenters. The van der Waals surface area contributed by atoms with Gasteiger partial charge in [-0.15, -0.1) is 0 Å². The lowest BCUT2D eigenvalue weighted by molar-refractivity contribution is 0.174. The Morgan fingerprint density at radius 1 is 1.25 bits per heavy atom. The zero-order chi connectivity index (χ0) is 6.15. The van der Waals surface area contributed by atoms with Crippen molar-refractivity contribution in [3.05, 3.63) is 12.4 Å². The molecule has 4 N–H and O–H groups in total. The maximum absolute atomic E-state index is 5.39. The molecule has 0 bridgehead atoms. The van der Waals surface area contributed by atoms with Gasteiger partial charge in [-0.05, 0) is 6.92 Å². The standard InChI is InChI=1S/C4H10N4/c1-4-7(5)2-3-8(4)6/h2-4H,5-6H2,1H3. The van der Waals surface area contributed by atoms with E-state index in [1.807, 2.05) is 6.92 Å². The van der Waals surface area contributed by atoms with Crippen LogP contribution in [0.5, 0.6) is 0 Å². The number of nitrogens with two attached hydrogens (primary N) is 2. The van der Waals surface area contributed by atoms with Crippen LogP contribution in [0.25, 0.3) is 0 Å². The van der Waals surface area contributed by atoms with E-state index in [9.17, 15) is 0 Å². The van der Waals surface area contributed by atoms with Crippen LogP contribution in [0.15, 0.2) is 12.4 Å². The van der Waals surface area contributed by atoms with E-state index in [0.717, 1.165) is 0 Å². The van der Waals surface area contributed by atoms with E-state index in [4.69, 9.17) is 11.7 Å². The summed E-state index contributed by atoms with van der Waals surface area (Å²) in [6.07, 6.45) is 3.55. The predicted octanol–water partition coefficient (Wildman–Crippen LogP) is -0.831. The summed E-state index contributed by atoms with van der Waals surface area (Å²) in [4.78, 5) is 0. The van der Waals surface area contributed by atoms with Gasteiger partial charge in [0, 0.05) is 12.4 Å². The van der Waals surface area contributed by atoms with Crippen LogP contribution in [0, 0.1) is 0 Å². The zero-order valence-corrected chi connectivity index (χ0v) is 4.78. The first-order valence-electron chi connectivity index (χ1n) is 2.46. The molecule has 46 valence electrons. The molecule has 8 heavy (non-hydrogen) atoms. The minimum absolute atomic E-state index is 0.0926. The highest BCUT2D eigenvalue weighted by Crippen LogP contribution is 2.04. The van der Waals surface area contributed by atoms with Crippen LogP contribution < -0.4 is 11.7 Å². The fourth-order valence-corrected chi connectivity index (χ4v) is 0.557. The summed E-state index contributed by atoms with van der Waals surface area (Å²) in [7, 11) is 0. The minimum atomic E-state index is 0.0926. The lowest BCUT2D eigenvalue weighted by atomic mass is 10.6. The van der Waals surface area contributed by atoms with Crippen molar-refractivity contribution in [1.29, 1.82) is 0 Å². The van der Waals surface area contributed by atoms with Crippen LogP contribution in [0.4, 0.5) is 0 Å².